The van der Waals surface area contributed by atoms with E-state index in [1.165, 1.54) is 0 Å². The first-order valence-electron chi connectivity index (χ1n) is 23.6. The number of esters is 2. The van der Waals surface area contributed by atoms with E-state index in [0.29, 0.717) is 43.5 Å². The normalized spacial score (nSPS) is 13.4. The van der Waals surface area contributed by atoms with Crippen molar-refractivity contribution in [3.63, 3.8) is 0 Å². The Morgan fingerprint density at radius 1 is 0.632 bits per heavy atom. The largest absolute Gasteiger partial charge is 0.484 e. The van der Waals surface area contributed by atoms with Gasteiger partial charge in [0.25, 0.3) is 11.8 Å². The molecule has 0 unspecified atom stereocenters. The van der Waals surface area contributed by atoms with Gasteiger partial charge in [-0.05, 0) is 121 Å². The van der Waals surface area contributed by atoms with E-state index < -0.39 is 35.0 Å². The van der Waals surface area contributed by atoms with Crippen LogP contribution in [0.4, 0.5) is 4.79 Å². The summed E-state index contributed by atoms with van der Waals surface area (Å²) in [6.07, 6.45) is 2.98. The predicted octanol–water partition coefficient (Wildman–Crippen LogP) is 7.19. The molecule has 0 fully saturated rings. The minimum absolute atomic E-state index is 0.142. The first-order chi connectivity index (χ1) is 31.9. The van der Waals surface area contributed by atoms with Gasteiger partial charge in [-0.1, -0.05) is 81.4 Å². The van der Waals surface area contributed by atoms with Gasteiger partial charge in [0, 0.05) is 43.5 Å². The van der Waals surface area contributed by atoms with Crippen LogP contribution in [-0.4, -0.2) is 90.5 Å². The van der Waals surface area contributed by atoms with Crippen molar-refractivity contribution in [3.05, 3.63) is 102 Å². The van der Waals surface area contributed by atoms with Gasteiger partial charge < -0.3 is 40.8 Å². The number of hydrogen-bond donors (Lipinski definition) is 5. The van der Waals surface area contributed by atoms with Gasteiger partial charge in [-0.25, -0.2) is 4.79 Å². The van der Waals surface area contributed by atoms with Crippen molar-refractivity contribution in [1.29, 1.82) is 0 Å². The summed E-state index contributed by atoms with van der Waals surface area (Å²) < 4.78 is 16.8. The molecule has 4 atom stereocenters. The number of hydrogen-bond acceptors (Lipinski definition) is 10. The van der Waals surface area contributed by atoms with E-state index in [4.69, 9.17) is 14.2 Å². The number of unbranched alkanes of at least 4 members (excludes halogenated alkanes) is 1. The van der Waals surface area contributed by atoms with E-state index in [0.717, 1.165) is 11.1 Å². The fourth-order valence-electron chi connectivity index (χ4n) is 7.04. The molecule has 0 aromatic heterocycles. The topological polar surface area (TPSA) is 207 Å². The Hall–Kier alpha value is -6.25. The van der Waals surface area contributed by atoms with E-state index in [2.05, 4.69) is 47.4 Å². The van der Waals surface area contributed by atoms with Gasteiger partial charge in [0.2, 0.25) is 5.91 Å². The number of nitrogens with one attached hydrogen (secondary N) is 5. The summed E-state index contributed by atoms with van der Waals surface area (Å²) in [4.78, 5) is 90.5. The van der Waals surface area contributed by atoms with Crippen LogP contribution in [0.5, 0.6) is 5.75 Å². The van der Waals surface area contributed by atoms with Crippen LogP contribution in [0.25, 0.3) is 0 Å². The van der Waals surface area contributed by atoms with Crippen molar-refractivity contribution in [3.8, 4) is 5.75 Å². The molecule has 0 aliphatic heterocycles. The van der Waals surface area contributed by atoms with Crippen LogP contribution >= 0.6 is 0 Å². The molecule has 0 spiro atoms. The highest BCUT2D eigenvalue weighted by molar-refractivity contribution is 5.97. The molecule has 5 amide bonds. The standard InChI is InChI=1S/C53H75N5O10/c1-36(24-29-46(61)67-52(5,6)7)56-50(65)58-44(51(2,3)4)23-17-18-30-54-48(63)43(32-37-19-13-11-14-20-37)57-45(60)35-66-42-27-25-38(26-28-42)31-40(49(64)68-53(8,9)10)33-41(59)34-55-47(62)39-21-15-12-16-22-39/h11-16,19-22,25-28,36,40,43-44H,17-18,23-24,29-35H2,1-10H3,(H,54,63)(H,55,62)(H,57,60)(H2,56,58,65)/t36-,40-,43+,44+/m1/s1. The number of ketones is 1. The number of benzene rings is 3. The maximum atomic E-state index is 13.5. The van der Waals surface area contributed by atoms with Gasteiger partial charge in [-0.15, -0.1) is 0 Å². The van der Waals surface area contributed by atoms with Crippen LogP contribution in [0, 0.1) is 11.3 Å². The summed E-state index contributed by atoms with van der Waals surface area (Å²) in [5, 5.41) is 14.4. The third-order valence-corrected chi connectivity index (χ3v) is 10.6. The zero-order valence-corrected chi connectivity index (χ0v) is 41.8. The number of carbonyl (C=O) groups excluding carboxylic acids is 7. The van der Waals surface area contributed by atoms with Crippen molar-refractivity contribution in [2.45, 2.75) is 150 Å². The molecule has 372 valence electrons. The third-order valence-electron chi connectivity index (χ3n) is 10.6. The van der Waals surface area contributed by atoms with Crippen LogP contribution in [0.2, 0.25) is 0 Å². The molecule has 0 aliphatic carbocycles. The molecule has 0 bridgehead atoms. The Kier molecular flexibility index (Phi) is 22.2. The molecule has 0 radical (unpaired) electrons. The molecular weight excluding hydrogens is 867 g/mol. The minimum Gasteiger partial charge on any atom is -0.484 e. The molecule has 5 N–H and O–H groups in total. The summed E-state index contributed by atoms with van der Waals surface area (Å²) in [7, 11) is 0. The van der Waals surface area contributed by atoms with E-state index in [-0.39, 0.29) is 85.9 Å². The lowest BCUT2D eigenvalue weighted by Crippen LogP contribution is -2.50. The molecule has 0 saturated heterocycles. The molecule has 0 saturated carbocycles. The van der Waals surface area contributed by atoms with Crippen LogP contribution in [-0.2, 0) is 46.3 Å². The smallest absolute Gasteiger partial charge is 0.315 e. The number of rotatable bonds is 25. The number of Topliss-reactive ketones (excluding diaryl/α,β-unsaturated/α-hetero) is 1. The van der Waals surface area contributed by atoms with Gasteiger partial charge in [-0.3, -0.25) is 28.8 Å². The SMILES string of the molecule is C[C@H](CCC(=O)OC(C)(C)C)NC(=O)N[C@@H](CCCCNC(=O)[C@H](Cc1ccccc1)NC(=O)COc1ccc(C[C@H](CC(=O)CNC(=O)c2ccccc2)C(=O)OC(C)(C)C)cc1)C(C)(C)C. The average molecular weight is 942 g/mol. The molecule has 15 heteroatoms. The molecule has 3 aromatic rings. The van der Waals surface area contributed by atoms with Gasteiger partial charge in [0.1, 0.15) is 23.0 Å². The Morgan fingerprint density at radius 3 is 1.84 bits per heavy atom. The lowest BCUT2D eigenvalue weighted by atomic mass is 9.84. The Balaban J connectivity index is 1.52. The highest BCUT2D eigenvalue weighted by Crippen LogP contribution is 2.24. The monoisotopic (exact) mass is 942 g/mol. The predicted molar refractivity (Wildman–Crippen MR) is 262 cm³/mol. The molecular formula is C53H75N5O10. The zero-order chi connectivity index (χ0) is 50.5. The summed E-state index contributed by atoms with van der Waals surface area (Å²) in [6.45, 7) is 18.5. The lowest BCUT2D eigenvalue weighted by molar-refractivity contribution is -0.161. The number of amides is 5. The van der Waals surface area contributed by atoms with Crippen LogP contribution in [0.1, 0.15) is 129 Å². The minimum atomic E-state index is -0.875. The van der Waals surface area contributed by atoms with E-state index in [1.807, 2.05) is 58.0 Å². The van der Waals surface area contributed by atoms with Crippen molar-refractivity contribution in [2.75, 3.05) is 19.7 Å². The second-order valence-corrected chi connectivity index (χ2v) is 20.3. The second kappa shape index (κ2) is 26.9. The number of urea groups is 1. The van der Waals surface area contributed by atoms with Crippen LogP contribution in [0.3, 0.4) is 0 Å². The van der Waals surface area contributed by atoms with Crippen LogP contribution < -0.4 is 31.3 Å². The summed E-state index contributed by atoms with van der Waals surface area (Å²) in [5.41, 5.74) is 0.433. The lowest BCUT2D eigenvalue weighted by Gasteiger charge is -2.32. The summed E-state index contributed by atoms with van der Waals surface area (Å²) >= 11 is 0. The van der Waals surface area contributed by atoms with Crippen molar-refractivity contribution in [1.82, 2.24) is 26.6 Å². The van der Waals surface area contributed by atoms with E-state index >= 15 is 0 Å². The maximum absolute atomic E-state index is 13.5. The van der Waals surface area contributed by atoms with Gasteiger partial charge in [0.05, 0.1) is 12.5 Å². The Bertz CT molecular complexity index is 2090. The number of ether oxygens (including phenoxy) is 3. The summed E-state index contributed by atoms with van der Waals surface area (Å²) in [6, 6.07) is 23.1. The van der Waals surface area contributed by atoms with Crippen molar-refractivity contribution in [2.24, 2.45) is 11.3 Å². The van der Waals surface area contributed by atoms with Crippen LogP contribution in [0.15, 0.2) is 84.9 Å². The van der Waals surface area contributed by atoms with E-state index in [9.17, 15) is 33.6 Å². The second-order valence-electron chi connectivity index (χ2n) is 20.3. The van der Waals surface area contributed by atoms with Gasteiger partial charge in [0.15, 0.2) is 12.4 Å². The van der Waals surface area contributed by atoms with Gasteiger partial charge >= 0.3 is 18.0 Å². The summed E-state index contributed by atoms with van der Waals surface area (Å²) in [5.74, 6) is -2.81. The first-order valence-corrected chi connectivity index (χ1v) is 23.6. The molecule has 3 rings (SSSR count). The maximum Gasteiger partial charge on any atom is 0.315 e. The molecule has 15 nitrogen and oxygen atoms in total. The van der Waals surface area contributed by atoms with Crippen molar-refractivity contribution >= 4 is 41.5 Å². The zero-order valence-electron chi connectivity index (χ0n) is 41.8. The molecule has 0 aliphatic rings. The third kappa shape index (κ3) is 23.0. The fraction of sp³-hybridized carbons (Fsp3) is 0.528. The number of carbonyl (C=O) groups is 7. The molecule has 3 aromatic carbocycles. The first kappa shape index (κ1) is 56.1. The highest BCUT2D eigenvalue weighted by atomic mass is 16.6. The fourth-order valence-corrected chi connectivity index (χ4v) is 7.04. The molecule has 0 heterocycles. The van der Waals surface area contributed by atoms with E-state index in [1.54, 1.807) is 75.4 Å². The highest BCUT2D eigenvalue weighted by Gasteiger charge is 2.29. The quantitative estimate of drug-likeness (QED) is 0.0427. The molecule has 68 heavy (non-hydrogen) atoms. The Labute approximate surface area is 403 Å². The van der Waals surface area contributed by atoms with Crippen molar-refractivity contribution < 1.29 is 47.8 Å². The average Bonchev–Trinajstić information content (AvgIpc) is 3.25. The van der Waals surface area contributed by atoms with Gasteiger partial charge in [-0.2, -0.15) is 0 Å². The Morgan fingerprint density at radius 2 is 1.24 bits per heavy atom.